The number of amidine groups is 1. The Morgan fingerprint density at radius 2 is 2.18 bits per heavy atom. The molecule has 0 amide bonds. The highest BCUT2D eigenvalue weighted by molar-refractivity contribution is 7.86. The summed E-state index contributed by atoms with van der Waals surface area (Å²) >= 11 is 5.03. The van der Waals surface area contributed by atoms with Gasteiger partial charge in [0.05, 0.1) is 5.69 Å². The maximum atomic E-state index is 11.5. The van der Waals surface area contributed by atoms with E-state index in [4.69, 9.17) is 23.7 Å². The smallest absolute Gasteiger partial charge is 0.309 e. The predicted molar refractivity (Wildman–Crippen MR) is 87.0 cm³/mol. The molecule has 0 saturated carbocycles. The molecule has 2 rings (SSSR count). The van der Waals surface area contributed by atoms with Crippen LogP contribution in [0.15, 0.2) is 29.4 Å². The van der Waals surface area contributed by atoms with Crippen molar-refractivity contribution in [3.63, 3.8) is 0 Å². The van der Waals surface area contributed by atoms with Gasteiger partial charge >= 0.3 is 10.1 Å². The summed E-state index contributed by atoms with van der Waals surface area (Å²) < 4.78 is 32.5. The second-order valence-corrected chi connectivity index (χ2v) is 6.38. The lowest BCUT2D eigenvalue weighted by atomic mass is 10.2. The summed E-state index contributed by atoms with van der Waals surface area (Å²) in [4.78, 5) is 0. The molecule has 1 aliphatic rings. The normalized spacial score (nSPS) is 17.9. The molecule has 120 valence electrons. The molecule has 1 aliphatic heterocycles. The van der Waals surface area contributed by atoms with Gasteiger partial charge in [0, 0.05) is 6.54 Å². The van der Waals surface area contributed by atoms with E-state index in [-0.39, 0.29) is 17.5 Å². The van der Waals surface area contributed by atoms with Crippen LogP contribution in [0.5, 0.6) is 0 Å². The number of benzene rings is 1. The number of nitrogens with zero attached hydrogens (tertiary/aromatic N) is 3. The summed E-state index contributed by atoms with van der Waals surface area (Å²) in [6.07, 6.45) is 0. The monoisotopic (exact) mass is 344 g/mol. The van der Waals surface area contributed by atoms with Crippen LogP contribution in [0, 0.1) is 0 Å². The Hall–Kier alpha value is -1.95. The van der Waals surface area contributed by atoms with E-state index in [1.54, 1.807) is 31.2 Å². The average Bonchev–Trinajstić information content (AvgIpc) is 2.81. The van der Waals surface area contributed by atoms with E-state index in [9.17, 15) is 13.0 Å². The fourth-order valence-corrected chi connectivity index (χ4v) is 2.97. The van der Waals surface area contributed by atoms with Gasteiger partial charge in [0.2, 0.25) is 0 Å². The zero-order chi connectivity index (χ0) is 16.5. The summed E-state index contributed by atoms with van der Waals surface area (Å²) in [5.41, 5.74) is 13.5. The van der Waals surface area contributed by atoms with E-state index in [0.29, 0.717) is 11.3 Å². The predicted octanol–water partition coefficient (Wildman–Crippen LogP) is -0.480. The standard InChI is InChI=1S/C11H16N6O3S2/c1-7-14-15-11(22(18,19)20)16(7)17(10(13)21)9-5-3-2-4-8(9)6-12/h2-5,11,15H,6,12H2,1H3,(H2,13,21)(H,18,19,20). The van der Waals surface area contributed by atoms with E-state index in [1.807, 2.05) is 0 Å². The van der Waals surface area contributed by atoms with Gasteiger partial charge in [-0.05, 0) is 30.8 Å². The first kappa shape index (κ1) is 16.4. The summed E-state index contributed by atoms with van der Waals surface area (Å²) in [5, 5.41) is 6.13. The number of hydrazine groups is 1. The summed E-state index contributed by atoms with van der Waals surface area (Å²) in [7, 11) is -4.48. The van der Waals surface area contributed by atoms with Crippen LogP contribution in [0.3, 0.4) is 0 Å². The molecule has 0 radical (unpaired) electrons. The maximum Gasteiger partial charge on any atom is 0.309 e. The fourth-order valence-electron chi connectivity index (χ4n) is 2.10. The van der Waals surface area contributed by atoms with Crippen LogP contribution in [-0.2, 0) is 16.7 Å². The minimum atomic E-state index is -4.48. The zero-order valence-corrected chi connectivity index (χ0v) is 13.3. The molecule has 0 bridgehead atoms. The third-order valence-corrected chi connectivity index (χ3v) is 4.08. The van der Waals surface area contributed by atoms with Crippen molar-refractivity contribution < 1.29 is 13.0 Å². The van der Waals surface area contributed by atoms with Gasteiger partial charge in [0.25, 0.3) is 5.50 Å². The quantitative estimate of drug-likeness (QED) is 0.421. The molecule has 1 atom stereocenters. The Bertz CT molecular complexity index is 720. The molecule has 11 heteroatoms. The molecule has 22 heavy (non-hydrogen) atoms. The van der Waals surface area contributed by atoms with E-state index < -0.39 is 15.6 Å². The summed E-state index contributed by atoms with van der Waals surface area (Å²) in [6.45, 7) is 1.75. The first-order chi connectivity index (χ1) is 10.3. The maximum absolute atomic E-state index is 11.5. The lowest BCUT2D eigenvalue weighted by molar-refractivity contribution is 0.350. The SMILES string of the molecule is CC1=NNC(S(=O)(=O)O)N1N(C(N)=S)c1ccccc1CN. The average molecular weight is 344 g/mol. The van der Waals surface area contributed by atoms with Crippen LogP contribution >= 0.6 is 12.2 Å². The Balaban J connectivity index is 2.56. The molecular weight excluding hydrogens is 328 g/mol. The zero-order valence-electron chi connectivity index (χ0n) is 11.7. The molecule has 0 fully saturated rings. The lowest BCUT2D eigenvalue weighted by Gasteiger charge is -2.36. The topological polar surface area (TPSA) is 137 Å². The molecule has 0 aliphatic carbocycles. The van der Waals surface area contributed by atoms with Gasteiger partial charge in [-0.15, -0.1) is 0 Å². The molecule has 0 spiro atoms. The second-order valence-electron chi connectivity index (χ2n) is 4.48. The Morgan fingerprint density at radius 3 is 2.73 bits per heavy atom. The van der Waals surface area contributed by atoms with Crippen molar-refractivity contribution in [1.29, 1.82) is 0 Å². The lowest BCUT2D eigenvalue weighted by Crippen LogP contribution is -2.58. The van der Waals surface area contributed by atoms with Crippen LogP contribution in [0.1, 0.15) is 12.5 Å². The van der Waals surface area contributed by atoms with E-state index in [1.165, 1.54) is 5.01 Å². The van der Waals surface area contributed by atoms with Crippen LogP contribution in [0.25, 0.3) is 0 Å². The third-order valence-electron chi connectivity index (χ3n) is 3.04. The molecule has 1 heterocycles. The number of para-hydroxylation sites is 1. The van der Waals surface area contributed by atoms with Gasteiger partial charge < -0.3 is 11.5 Å². The van der Waals surface area contributed by atoms with Crippen LogP contribution in [-0.4, -0.2) is 34.4 Å². The van der Waals surface area contributed by atoms with Crippen molar-refractivity contribution in [3.8, 4) is 0 Å². The molecule has 1 aromatic rings. The number of hydrazone groups is 1. The van der Waals surface area contributed by atoms with Crippen LogP contribution in [0.2, 0.25) is 0 Å². The van der Waals surface area contributed by atoms with Crippen molar-refractivity contribution in [3.05, 3.63) is 29.8 Å². The molecule has 0 saturated heterocycles. The number of rotatable bonds is 4. The fraction of sp³-hybridized carbons (Fsp3) is 0.273. The first-order valence-corrected chi connectivity index (χ1v) is 8.11. The number of anilines is 1. The van der Waals surface area contributed by atoms with Crippen LogP contribution in [0.4, 0.5) is 5.69 Å². The number of thiocarbonyl (C=S) groups is 1. The van der Waals surface area contributed by atoms with Gasteiger partial charge in [0.15, 0.2) is 5.11 Å². The highest BCUT2D eigenvalue weighted by atomic mass is 32.2. The number of nitrogens with one attached hydrogen (secondary N) is 1. The molecule has 0 aromatic heterocycles. The highest BCUT2D eigenvalue weighted by Gasteiger charge is 2.40. The first-order valence-electron chi connectivity index (χ1n) is 6.20. The van der Waals surface area contributed by atoms with Gasteiger partial charge in [-0.2, -0.15) is 13.5 Å². The Morgan fingerprint density at radius 1 is 1.55 bits per heavy atom. The summed E-state index contributed by atoms with van der Waals surface area (Å²) in [5.74, 6) is 0.266. The number of hydrogen-bond acceptors (Lipinski definition) is 7. The van der Waals surface area contributed by atoms with Crippen LogP contribution < -0.4 is 21.9 Å². The van der Waals surface area contributed by atoms with Gasteiger partial charge in [-0.1, -0.05) is 18.2 Å². The molecule has 6 N–H and O–H groups in total. The number of hydrogen-bond donors (Lipinski definition) is 4. The molecule has 9 nitrogen and oxygen atoms in total. The largest absolute Gasteiger partial charge is 0.374 e. The van der Waals surface area contributed by atoms with Gasteiger partial charge in [0.1, 0.15) is 5.84 Å². The van der Waals surface area contributed by atoms with Gasteiger partial charge in [-0.25, -0.2) is 10.0 Å². The molecule has 1 unspecified atom stereocenters. The van der Waals surface area contributed by atoms with E-state index >= 15 is 0 Å². The Kier molecular flexibility index (Phi) is 4.51. The third kappa shape index (κ3) is 2.97. The minimum absolute atomic E-state index is 0.118. The minimum Gasteiger partial charge on any atom is -0.374 e. The van der Waals surface area contributed by atoms with E-state index in [2.05, 4.69) is 10.5 Å². The number of nitrogens with two attached hydrogens (primary N) is 2. The second kappa shape index (κ2) is 6.04. The van der Waals surface area contributed by atoms with Crippen molar-refractivity contribution >= 4 is 39.0 Å². The van der Waals surface area contributed by atoms with Crippen molar-refractivity contribution in [2.75, 3.05) is 5.01 Å². The Labute approximate surface area is 133 Å². The highest BCUT2D eigenvalue weighted by Crippen LogP contribution is 2.25. The molecule has 1 aromatic carbocycles. The van der Waals surface area contributed by atoms with Crippen molar-refractivity contribution in [2.45, 2.75) is 19.0 Å². The van der Waals surface area contributed by atoms with Crippen molar-refractivity contribution in [2.24, 2.45) is 16.6 Å². The van der Waals surface area contributed by atoms with Crippen molar-refractivity contribution in [1.82, 2.24) is 10.4 Å². The molecular formula is C11H16N6O3S2. The van der Waals surface area contributed by atoms with Gasteiger partial charge in [-0.3, -0.25) is 9.98 Å². The van der Waals surface area contributed by atoms with E-state index in [0.717, 1.165) is 5.01 Å². The summed E-state index contributed by atoms with van der Waals surface area (Å²) in [6, 6.07) is 6.97.